The number of likely N-dealkylation sites (tertiary alicyclic amines) is 1. The molecule has 188 valence electrons. The second-order valence-corrected chi connectivity index (χ2v) is 10.3. The summed E-state index contributed by atoms with van der Waals surface area (Å²) in [5.74, 6) is 0.228. The predicted octanol–water partition coefficient (Wildman–Crippen LogP) is 3.33. The molecule has 3 aromatic rings. The fourth-order valence-corrected chi connectivity index (χ4v) is 5.55. The second kappa shape index (κ2) is 11.3. The molecule has 0 bridgehead atoms. The normalized spacial score (nSPS) is 13.5. The molecule has 1 fully saturated rings. The first-order chi connectivity index (χ1) is 17.4. The van der Waals surface area contributed by atoms with E-state index >= 15 is 0 Å². The van der Waals surface area contributed by atoms with Crippen LogP contribution in [0, 0.1) is 0 Å². The van der Waals surface area contributed by atoms with Gasteiger partial charge in [0.2, 0.25) is 11.8 Å². The van der Waals surface area contributed by atoms with Crippen LogP contribution in [0.25, 0.3) is 0 Å². The van der Waals surface area contributed by atoms with E-state index in [9.17, 15) is 18.0 Å². The van der Waals surface area contributed by atoms with Crippen molar-refractivity contribution < 1.29 is 22.7 Å². The van der Waals surface area contributed by atoms with Gasteiger partial charge in [0.05, 0.1) is 17.7 Å². The molecular weight excluding hydrogens is 478 g/mol. The summed E-state index contributed by atoms with van der Waals surface area (Å²) in [5, 5.41) is 2.85. The fraction of sp³-hybridized carbons (Fsp3) is 0.259. The highest BCUT2D eigenvalue weighted by Gasteiger charge is 2.27. The van der Waals surface area contributed by atoms with Crippen LogP contribution in [0.1, 0.15) is 24.0 Å². The minimum atomic E-state index is -4.01. The molecule has 3 aromatic carbocycles. The summed E-state index contributed by atoms with van der Waals surface area (Å²) in [4.78, 5) is 26.9. The van der Waals surface area contributed by atoms with E-state index in [2.05, 4.69) is 5.32 Å². The number of amides is 2. The molecule has 4 rings (SSSR count). The molecule has 0 unspecified atom stereocenters. The molecule has 36 heavy (non-hydrogen) atoms. The monoisotopic (exact) mass is 507 g/mol. The minimum absolute atomic E-state index is 0.0561. The Bertz CT molecular complexity index is 1310. The molecule has 1 aliphatic rings. The fourth-order valence-electron chi connectivity index (χ4n) is 4.13. The number of benzene rings is 3. The highest BCUT2D eigenvalue weighted by Crippen LogP contribution is 2.25. The van der Waals surface area contributed by atoms with E-state index in [4.69, 9.17) is 4.74 Å². The number of carbonyl (C=O) groups is 2. The molecule has 0 aliphatic carbocycles. The van der Waals surface area contributed by atoms with E-state index in [-0.39, 0.29) is 23.9 Å². The van der Waals surface area contributed by atoms with Crippen LogP contribution in [-0.4, -0.2) is 45.3 Å². The Hall–Kier alpha value is -3.85. The van der Waals surface area contributed by atoms with Crippen LogP contribution in [-0.2, 0) is 32.7 Å². The van der Waals surface area contributed by atoms with Crippen molar-refractivity contribution in [1.29, 1.82) is 0 Å². The van der Waals surface area contributed by atoms with E-state index in [0.717, 1.165) is 28.4 Å². The van der Waals surface area contributed by atoms with Gasteiger partial charge in [0, 0.05) is 26.1 Å². The van der Waals surface area contributed by atoms with E-state index in [1.165, 1.54) is 19.2 Å². The largest absolute Gasteiger partial charge is 0.497 e. The van der Waals surface area contributed by atoms with Crippen molar-refractivity contribution in [1.82, 2.24) is 10.2 Å². The molecule has 0 spiro atoms. The maximum absolute atomic E-state index is 13.5. The van der Waals surface area contributed by atoms with Crippen molar-refractivity contribution in [3.8, 4) is 5.75 Å². The Morgan fingerprint density at radius 2 is 1.64 bits per heavy atom. The first-order valence-electron chi connectivity index (χ1n) is 11.7. The van der Waals surface area contributed by atoms with Crippen LogP contribution in [0.4, 0.5) is 5.69 Å². The van der Waals surface area contributed by atoms with Gasteiger partial charge >= 0.3 is 0 Å². The summed E-state index contributed by atoms with van der Waals surface area (Å²) in [7, 11) is -2.51. The zero-order valence-corrected chi connectivity index (χ0v) is 20.9. The number of hydrogen-bond donors (Lipinski definition) is 1. The molecule has 1 N–H and O–H groups in total. The summed E-state index contributed by atoms with van der Waals surface area (Å²) in [6.07, 6.45) is 1.42. The quantitative estimate of drug-likeness (QED) is 0.454. The van der Waals surface area contributed by atoms with Crippen LogP contribution in [0.15, 0.2) is 83.8 Å². The number of anilines is 1. The molecule has 9 heteroatoms. The first kappa shape index (κ1) is 25.2. The molecule has 0 aromatic heterocycles. The van der Waals surface area contributed by atoms with Gasteiger partial charge in [0.15, 0.2) is 0 Å². The topological polar surface area (TPSA) is 96.0 Å². The van der Waals surface area contributed by atoms with Gasteiger partial charge in [-0.25, -0.2) is 8.42 Å². The molecule has 0 saturated carbocycles. The SMILES string of the molecule is COc1ccc(S(=O)(=O)N(CC(=O)NCc2ccccc2CN2CCCC2=O)c2ccccc2)cc1. The average Bonchev–Trinajstić information content (AvgIpc) is 3.31. The van der Waals surface area contributed by atoms with Gasteiger partial charge in [-0.05, 0) is 53.9 Å². The summed E-state index contributed by atoms with van der Waals surface area (Å²) < 4.78 is 33.2. The van der Waals surface area contributed by atoms with Crippen molar-refractivity contribution in [3.05, 3.63) is 90.0 Å². The van der Waals surface area contributed by atoms with Gasteiger partial charge in [-0.2, -0.15) is 0 Å². The number of hydrogen-bond acceptors (Lipinski definition) is 5. The Labute approximate surface area is 211 Å². The number of methoxy groups -OCH3 is 1. The van der Waals surface area contributed by atoms with Crippen molar-refractivity contribution in [2.24, 2.45) is 0 Å². The van der Waals surface area contributed by atoms with Gasteiger partial charge in [-0.1, -0.05) is 42.5 Å². The molecule has 0 radical (unpaired) electrons. The smallest absolute Gasteiger partial charge is 0.264 e. The van der Waals surface area contributed by atoms with Crippen LogP contribution in [0.3, 0.4) is 0 Å². The Balaban J connectivity index is 1.50. The van der Waals surface area contributed by atoms with Gasteiger partial charge in [-0.3, -0.25) is 13.9 Å². The first-order valence-corrected chi connectivity index (χ1v) is 13.2. The standard InChI is InChI=1S/C27H29N3O5S/c1-35-24-13-15-25(16-14-24)36(33,34)30(23-10-3-2-4-11-23)20-26(31)28-18-21-8-5-6-9-22(21)19-29-17-7-12-27(29)32/h2-6,8-11,13-16H,7,12,17-20H2,1H3,(H,28,31). The van der Waals surface area contributed by atoms with E-state index < -0.39 is 15.9 Å². The molecular formula is C27H29N3O5S. The van der Waals surface area contributed by atoms with E-state index in [1.54, 1.807) is 42.5 Å². The maximum atomic E-state index is 13.5. The zero-order chi connectivity index (χ0) is 25.5. The van der Waals surface area contributed by atoms with Gasteiger partial charge in [0.1, 0.15) is 12.3 Å². The van der Waals surface area contributed by atoms with Crippen LogP contribution in [0.2, 0.25) is 0 Å². The van der Waals surface area contributed by atoms with Crippen molar-refractivity contribution in [2.75, 3.05) is 24.5 Å². The van der Waals surface area contributed by atoms with Gasteiger partial charge in [-0.15, -0.1) is 0 Å². The lowest BCUT2D eigenvalue weighted by Crippen LogP contribution is -2.40. The van der Waals surface area contributed by atoms with Crippen molar-refractivity contribution in [2.45, 2.75) is 30.8 Å². The third-order valence-electron chi connectivity index (χ3n) is 6.11. The molecule has 0 atom stereocenters. The second-order valence-electron chi connectivity index (χ2n) is 8.49. The molecule has 2 amide bonds. The highest BCUT2D eigenvalue weighted by molar-refractivity contribution is 7.92. The Morgan fingerprint density at radius 3 is 2.28 bits per heavy atom. The van der Waals surface area contributed by atoms with Gasteiger partial charge in [0.25, 0.3) is 10.0 Å². The van der Waals surface area contributed by atoms with E-state index in [1.807, 2.05) is 29.2 Å². The third-order valence-corrected chi connectivity index (χ3v) is 7.89. The van der Waals surface area contributed by atoms with Crippen molar-refractivity contribution in [3.63, 3.8) is 0 Å². The summed E-state index contributed by atoms with van der Waals surface area (Å²) >= 11 is 0. The number of para-hydroxylation sites is 1. The third kappa shape index (κ3) is 5.85. The molecule has 1 heterocycles. The molecule has 1 aliphatic heterocycles. The minimum Gasteiger partial charge on any atom is -0.497 e. The van der Waals surface area contributed by atoms with Crippen LogP contribution >= 0.6 is 0 Å². The Kier molecular flexibility index (Phi) is 7.90. The highest BCUT2D eigenvalue weighted by atomic mass is 32.2. The van der Waals surface area contributed by atoms with E-state index in [0.29, 0.717) is 24.4 Å². The predicted molar refractivity (Wildman–Crippen MR) is 137 cm³/mol. The van der Waals surface area contributed by atoms with Crippen LogP contribution in [0.5, 0.6) is 5.75 Å². The number of sulfonamides is 1. The van der Waals surface area contributed by atoms with Crippen LogP contribution < -0.4 is 14.4 Å². The summed E-state index contributed by atoms with van der Waals surface area (Å²) in [6, 6.07) is 22.2. The lowest BCUT2D eigenvalue weighted by molar-refractivity contribution is -0.128. The molecule has 8 nitrogen and oxygen atoms in total. The maximum Gasteiger partial charge on any atom is 0.264 e. The number of carbonyl (C=O) groups excluding carboxylic acids is 2. The lowest BCUT2D eigenvalue weighted by atomic mass is 10.1. The zero-order valence-electron chi connectivity index (χ0n) is 20.1. The molecule has 1 saturated heterocycles. The average molecular weight is 508 g/mol. The number of rotatable bonds is 10. The van der Waals surface area contributed by atoms with Crippen molar-refractivity contribution >= 4 is 27.5 Å². The number of nitrogens with zero attached hydrogens (tertiary/aromatic N) is 2. The summed E-state index contributed by atoms with van der Waals surface area (Å²) in [5.41, 5.74) is 2.23. The number of ether oxygens (including phenoxy) is 1. The van der Waals surface area contributed by atoms with Gasteiger partial charge < -0.3 is 15.0 Å². The number of nitrogens with one attached hydrogen (secondary N) is 1. The summed E-state index contributed by atoms with van der Waals surface area (Å²) in [6.45, 7) is 1.06. The lowest BCUT2D eigenvalue weighted by Gasteiger charge is -2.24. The Morgan fingerprint density at radius 1 is 0.972 bits per heavy atom.